The van der Waals surface area contributed by atoms with Gasteiger partial charge in [0.2, 0.25) is 0 Å². The van der Waals surface area contributed by atoms with E-state index in [-0.39, 0.29) is 0 Å². The van der Waals surface area contributed by atoms with Crippen LogP contribution in [0.5, 0.6) is 0 Å². The molecule has 0 rings (SSSR count). The van der Waals surface area contributed by atoms with E-state index in [0.717, 1.165) is 0 Å². The van der Waals surface area contributed by atoms with Gasteiger partial charge in [-0.25, -0.2) is 0 Å². The molecule has 0 aliphatic carbocycles. The van der Waals surface area contributed by atoms with E-state index in [9.17, 15) is 39.6 Å². The Morgan fingerprint density at radius 1 is 0.520 bits per heavy atom. The van der Waals surface area contributed by atoms with Crippen molar-refractivity contribution < 1.29 is 76.6 Å². The van der Waals surface area contributed by atoms with Gasteiger partial charge in [0.05, 0.1) is 0 Å². The molecule has 0 saturated heterocycles. The molecule has 0 heterocycles. The van der Waals surface area contributed by atoms with Crippen LogP contribution in [0.25, 0.3) is 0 Å². The number of hydrogen-bond acceptors (Lipinski definition) is 12. The summed E-state index contributed by atoms with van der Waals surface area (Å²) in [6.07, 6.45) is -9.78. The maximum atomic E-state index is 12.4. The second-order valence-electron chi connectivity index (χ2n) is 5.00. The zero-order chi connectivity index (χ0) is 19.9. The Balaban J connectivity index is 6.72. The van der Waals surface area contributed by atoms with E-state index in [4.69, 9.17) is 20.4 Å². The molecule has 0 bridgehead atoms. The first-order valence-corrected chi connectivity index (χ1v) is 10.0. The van der Waals surface area contributed by atoms with Crippen LogP contribution in [-0.2, 0) is 35.8 Å². The van der Waals surface area contributed by atoms with Gasteiger partial charge in [0.15, 0.2) is 0 Å². The summed E-state index contributed by atoms with van der Waals surface area (Å²) in [5.41, 5.74) is 0. The molecule has 144 valence electrons. The molecule has 0 aliphatic rings. The minimum absolute atomic E-state index is 1.33. The standard InChI is InChI=1S/4C3H5O3.Ti/c4*4-1-3(6)2-5;/h4*3-4,6H,1H2;. The van der Waals surface area contributed by atoms with E-state index < -0.39 is 83.8 Å². The molecule has 0 radical (unpaired) electrons. The fourth-order valence-electron chi connectivity index (χ4n) is 2.06. The SMILES string of the molecule is O=[C](C(O)CO)[Ti]([C](=O)C(O)CO)([C](=O)C(O)CO)[C](=O)C(O)CO. The van der Waals surface area contributed by atoms with Crippen molar-refractivity contribution in [2.45, 2.75) is 24.4 Å². The molecule has 0 aliphatic heterocycles. The summed E-state index contributed by atoms with van der Waals surface area (Å²) >= 11 is -6.43. The minimum atomic E-state index is -6.43. The van der Waals surface area contributed by atoms with Crippen molar-refractivity contribution in [1.82, 2.24) is 0 Å². The Morgan fingerprint density at radius 2 is 0.680 bits per heavy atom. The average Bonchev–Trinajstić information content (AvgIpc) is 2.64. The Labute approximate surface area is 144 Å². The Kier molecular flexibility index (Phi) is 9.90. The molecule has 0 spiro atoms. The Morgan fingerprint density at radius 3 is 0.800 bits per heavy atom. The first kappa shape index (κ1) is 24.1. The molecule has 4 unspecified atom stereocenters. The molecular weight excluding hydrogens is 384 g/mol. The van der Waals surface area contributed by atoms with Crippen LogP contribution in [0.2, 0.25) is 0 Å². The zero-order valence-electron chi connectivity index (χ0n) is 12.8. The van der Waals surface area contributed by atoms with Crippen molar-refractivity contribution in [3.05, 3.63) is 0 Å². The molecule has 0 saturated carbocycles. The average molecular weight is 404 g/mol. The molecule has 0 aromatic heterocycles. The molecule has 12 nitrogen and oxygen atoms in total. The predicted octanol–water partition coefficient (Wildman–Crippen LogP) is -6.34. The van der Waals surface area contributed by atoms with Crippen molar-refractivity contribution in [3.63, 3.8) is 0 Å². The van der Waals surface area contributed by atoms with E-state index in [1.165, 1.54) is 0 Å². The van der Waals surface area contributed by atoms with Crippen LogP contribution in [0.4, 0.5) is 0 Å². The third-order valence-corrected chi connectivity index (χ3v) is 10.1. The van der Waals surface area contributed by atoms with Crippen molar-refractivity contribution >= 4 is 16.4 Å². The van der Waals surface area contributed by atoms with Crippen LogP contribution in [-0.4, -0.2) is 108 Å². The van der Waals surface area contributed by atoms with Gasteiger partial charge in [-0.05, 0) is 0 Å². The summed E-state index contributed by atoms with van der Waals surface area (Å²) in [5.74, 6) is 0. The van der Waals surface area contributed by atoms with Gasteiger partial charge in [0.25, 0.3) is 0 Å². The summed E-state index contributed by atoms with van der Waals surface area (Å²) in [7, 11) is 0. The topological polar surface area (TPSA) is 230 Å². The summed E-state index contributed by atoms with van der Waals surface area (Å²) in [4.78, 5) is 49.7. The van der Waals surface area contributed by atoms with Crippen molar-refractivity contribution in [1.29, 1.82) is 0 Å². The van der Waals surface area contributed by atoms with Crippen LogP contribution < -0.4 is 0 Å². The maximum absolute atomic E-state index is 12.4. The van der Waals surface area contributed by atoms with E-state index in [1.54, 1.807) is 0 Å². The van der Waals surface area contributed by atoms with E-state index in [0.29, 0.717) is 0 Å². The molecular formula is C12H20O12Ti. The fourth-order valence-corrected chi connectivity index (χ4v) is 8.03. The van der Waals surface area contributed by atoms with E-state index in [2.05, 4.69) is 0 Å². The molecule has 13 heteroatoms. The van der Waals surface area contributed by atoms with Gasteiger partial charge in [-0.15, -0.1) is 0 Å². The fraction of sp³-hybridized carbons (Fsp3) is 0.667. The molecule has 0 aromatic rings. The van der Waals surface area contributed by atoms with Crippen molar-refractivity contribution in [2.75, 3.05) is 26.4 Å². The predicted molar refractivity (Wildman–Crippen MR) is 72.4 cm³/mol. The molecule has 8 N–H and O–H groups in total. The van der Waals surface area contributed by atoms with Crippen LogP contribution >= 0.6 is 0 Å². The second-order valence-corrected chi connectivity index (χ2v) is 10.4. The van der Waals surface area contributed by atoms with Crippen molar-refractivity contribution in [3.8, 4) is 0 Å². The van der Waals surface area contributed by atoms with Crippen LogP contribution in [0.15, 0.2) is 0 Å². The molecule has 0 amide bonds. The number of carbonyl (C=O) groups excluding carboxylic acids is 4. The number of carbonyl (C=O) groups is 4. The van der Waals surface area contributed by atoms with Gasteiger partial charge >= 0.3 is 144 Å². The first-order valence-electron chi connectivity index (χ1n) is 6.90. The summed E-state index contributed by atoms with van der Waals surface area (Å²) < 4.78 is -7.30. The quantitative estimate of drug-likeness (QED) is 0.142. The van der Waals surface area contributed by atoms with Crippen LogP contribution in [0.3, 0.4) is 0 Å². The summed E-state index contributed by atoms with van der Waals surface area (Å²) in [6, 6.07) is 0. The van der Waals surface area contributed by atoms with Gasteiger partial charge in [0.1, 0.15) is 0 Å². The Bertz CT molecular complexity index is 427. The first-order chi connectivity index (χ1) is 11.6. The monoisotopic (exact) mass is 404 g/mol. The normalized spacial score (nSPS) is 18.6. The van der Waals surface area contributed by atoms with Gasteiger partial charge in [-0.1, -0.05) is 0 Å². The van der Waals surface area contributed by atoms with E-state index in [1.807, 2.05) is 0 Å². The molecule has 0 aromatic carbocycles. The molecule has 0 fully saturated rings. The third kappa shape index (κ3) is 4.62. The molecule has 25 heavy (non-hydrogen) atoms. The number of rotatable bonds is 12. The number of aliphatic hydroxyl groups is 8. The zero-order valence-corrected chi connectivity index (χ0v) is 14.4. The van der Waals surface area contributed by atoms with E-state index >= 15 is 0 Å². The Hall–Kier alpha value is -0.926. The number of hydrogen-bond donors (Lipinski definition) is 8. The number of aliphatic hydroxyl groups excluding tert-OH is 8. The third-order valence-electron chi connectivity index (χ3n) is 3.38. The van der Waals surface area contributed by atoms with Crippen LogP contribution in [0.1, 0.15) is 0 Å². The summed E-state index contributed by atoms with van der Waals surface area (Å²) in [5, 5.41) is 73.7. The van der Waals surface area contributed by atoms with Gasteiger partial charge in [-0.2, -0.15) is 0 Å². The van der Waals surface area contributed by atoms with Crippen molar-refractivity contribution in [2.24, 2.45) is 0 Å². The summed E-state index contributed by atoms with van der Waals surface area (Å²) in [6.45, 7) is -5.34. The van der Waals surface area contributed by atoms with Gasteiger partial charge < -0.3 is 0 Å². The van der Waals surface area contributed by atoms with Crippen LogP contribution in [0, 0.1) is 0 Å². The molecule has 4 atom stereocenters. The second kappa shape index (κ2) is 10.3. The van der Waals surface area contributed by atoms with Gasteiger partial charge in [-0.3, -0.25) is 0 Å². The van der Waals surface area contributed by atoms with Gasteiger partial charge in [0, 0.05) is 0 Å².